The molecule has 0 heterocycles. The molecule has 4 aromatic carbocycles. The molecular weight excluding hydrogens is 392 g/mol. The molecule has 1 aliphatic carbocycles. The van der Waals surface area contributed by atoms with Crippen LogP contribution < -0.4 is 0 Å². The first-order valence-corrected chi connectivity index (χ1v) is 10.8. The molecule has 154 valence electrons. The molecule has 0 bridgehead atoms. The number of carbonyl (C=O) groups is 2. The van der Waals surface area contributed by atoms with E-state index in [4.69, 9.17) is 0 Å². The second-order valence-electron chi connectivity index (χ2n) is 8.02. The van der Waals surface area contributed by atoms with E-state index in [0.29, 0.717) is 12.0 Å². The Hall–Kier alpha value is -4.04. The standard InChI is InChI=1S/C30H22O2/c31-28-26(21-22-13-5-1-6-14-22)27(23-15-7-2-8-16-23)30(29(28)32,24-17-9-3-10-18-24)25-19-11-4-12-20-25/h1-20H,21H2. The van der Waals surface area contributed by atoms with Gasteiger partial charge < -0.3 is 0 Å². The summed E-state index contributed by atoms with van der Waals surface area (Å²) >= 11 is 0. The van der Waals surface area contributed by atoms with Crippen LogP contribution in [0.4, 0.5) is 0 Å². The van der Waals surface area contributed by atoms with E-state index in [1.807, 2.05) is 121 Å². The highest BCUT2D eigenvalue weighted by Crippen LogP contribution is 2.51. The van der Waals surface area contributed by atoms with Crippen molar-refractivity contribution in [3.05, 3.63) is 149 Å². The van der Waals surface area contributed by atoms with Crippen molar-refractivity contribution in [3.63, 3.8) is 0 Å². The van der Waals surface area contributed by atoms with Crippen molar-refractivity contribution in [2.24, 2.45) is 0 Å². The van der Waals surface area contributed by atoms with Crippen molar-refractivity contribution >= 4 is 17.1 Å². The highest BCUT2D eigenvalue weighted by atomic mass is 16.2. The van der Waals surface area contributed by atoms with Gasteiger partial charge in [0.25, 0.3) is 0 Å². The van der Waals surface area contributed by atoms with Crippen LogP contribution in [0.2, 0.25) is 0 Å². The van der Waals surface area contributed by atoms with Gasteiger partial charge in [0.05, 0.1) is 0 Å². The second kappa shape index (κ2) is 8.24. The lowest BCUT2D eigenvalue weighted by molar-refractivity contribution is -0.135. The lowest BCUT2D eigenvalue weighted by atomic mass is 9.67. The van der Waals surface area contributed by atoms with Gasteiger partial charge in [-0.2, -0.15) is 0 Å². The Labute approximate surface area is 187 Å². The molecule has 0 aliphatic heterocycles. The van der Waals surface area contributed by atoms with Crippen molar-refractivity contribution in [2.45, 2.75) is 11.8 Å². The van der Waals surface area contributed by atoms with Crippen molar-refractivity contribution in [2.75, 3.05) is 0 Å². The Balaban J connectivity index is 1.87. The number of hydrogen-bond donors (Lipinski definition) is 0. The number of rotatable bonds is 5. The Morgan fingerprint density at radius 3 is 1.47 bits per heavy atom. The van der Waals surface area contributed by atoms with Gasteiger partial charge in [-0.15, -0.1) is 0 Å². The van der Waals surface area contributed by atoms with Gasteiger partial charge in [-0.05, 0) is 27.8 Å². The number of allylic oxidation sites excluding steroid dienone is 2. The molecule has 32 heavy (non-hydrogen) atoms. The molecule has 0 N–H and O–H groups in total. The Morgan fingerprint density at radius 2 is 0.969 bits per heavy atom. The first kappa shape index (κ1) is 19.9. The Kier molecular flexibility index (Phi) is 5.12. The number of Topliss-reactive ketones (excluding diaryl/α,β-unsaturated/α-hetero) is 2. The zero-order valence-corrected chi connectivity index (χ0v) is 17.6. The molecule has 0 saturated carbocycles. The van der Waals surface area contributed by atoms with E-state index in [-0.39, 0.29) is 5.78 Å². The molecule has 0 amide bonds. The van der Waals surface area contributed by atoms with Crippen LogP contribution in [0.3, 0.4) is 0 Å². The maximum Gasteiger partial charge on any atom is 0.226 e. The maximum absolute atomic E-state index is 14.0. The van der Waals surface area contributed by atoms with Gasteiger partial charge in [-0.3, -0.25) is 9.59 Å². The summed E-state index contributed by atoms with van der Waals surface area (Å²) in [5.74, 6) is -0.792. The van der Waals surface area contributed by atoms with Crippen LogP contribution >= 0.6 is 0 Å². The summed E-state index contributed by atoms with van der Waals surface area (Å²) < 4.78 is 0. The molecule has 0 atom stereocenters. The van der Waals surface area contributed by atoms with E-state index in [2.05, 4.69) is 0 Å². The fourth-order valence-electron chi connectivity index (χ4n) is 4.82. The first-order chi connectivity index (χ1) is 15.7. The minimum absolute atomic E-state index is 0.389. The van der Waals surface area contributed by atoms with E-state index in [1.54, 1.807) is 0 Å². The molecule has 1 aliphatic rings. The predicted molar refractivity (Wildman–Crippen MR) is 127 cm³/mol. The number of carbonyl (C=O) groups excluding carboxylic acids is 2. The fraction of sp³-hybridized carbons (Fsp3) is 0.0667. The minimum Gasteiger partial charge on any atom is -0.289 e. The van der Waals surface area contributed by atoms with Crippen molar-refractivity contribution in [3.8, 4) is 0 Å². The quantitative estimate of drug-likeness (QED) is 0.386. The minimum atomic E-state index is -1.18. The highest BCUT2D eigenvalue weighted by Gasteiger charge is 2.55. The third kappa shape index (κ3) is 3.12. The molecule has 0 aromatic heterocycles. The number of hydrogen-bond acceptors (Lipinski definition) is 2. The summed E-state index contributed by atoms with van der Waals surface area (Å²) in [6, 6.07) is 39.1. The molecule has 2 nitrogen and oxygen atoms in total. The second-order valence-corrected chi connectivity index (χ2v) is 8.02. The van der Waals surface area contributed by atoms with Crippen molar-refractivity contribution < 1.29 is 9.59 Å². The average molecular weight is 415 g/mol. The average Bonchev–Trinajstić information content (AvgIpc) is 3.09. The summed E-state index contributed by atoms with van der Waals surface area (Å²) in [6.07, 6.45) is 0.414. The summed E-state index contributed by atoms with van der Waals surface area (Å²) in [7, 11) is 0. The van der Waals surface area contributed by atoms with Gasteiger partial charge in [-0.1, -0.05) is 121 Å². The normalized spacial score (nSPS) is 15.2. The van der Waals surface area contributed by atoms with E-state index in [0.717, 1.165) is 27.8 Å². The van der Waals surface area contributed by atoms with Gasteiger partial charge >= 0.3 is 0 Å². The number of ketones is 2. The fourth-order valence-corrected chi connectivity index (χ4v) is 4.82. The molecule has 0 saturated heterocycles. The summed E-state index contributed by atoms with van der Waals surface area (Å²) in [4.78, 5) is 27.7. The number of benzene rings is 4. The van der Waals surface area contributed by atoms with Crippen LogP contribution in [0.1, 0.15) is 22.3 Å². The van der Waals surface area contributed by atoms with Gasteiger partial charge in [0.15, 0.2) is 0 Å². The van der Waals surface area contributed by atoms with E-state index >= 15 is 0 Å². The van der Waals surface area contributed by atoms with Gasteiger partial charge in [-0.25, -0.2) is 0 Å². The van der Waals surface area contributed by atoms with Crippen molar-refractivity contribution in [1.29, 1.82) is 0 Å². The monoisotopic (exact) mass is 414 g/mol. The molecule has 0 unspecified atom stereocenters. The lowest BCUT2D eigenvalue weighted by Gasteiger charge is -2.32. The van der Waals surface area contributed by atoms with Crippen LogP contribution in [0.5, 0.6) is 0 Å². The van der Waals surface area contributed by atoms with E-state index in [1.165, 1.54) is 0 Å². The van der Waals surface area contributed by atoms with Crippen LogP contribution in [0, 0.1) is 0 Å². The molecule has 0 fully saturated rings. The molecule has 0 radical (unpaired) electrons. The lowest BCUT2D eigenvalue weighted by Crippen LogP contribution is -2.37. The molecule has 0 spiro atoms. The van der Waals surface area contributed by atoms with Gasteiger partial charge in [0.2, 0.25) is 11.6 Å². The smallest absolute Gasteiger partial charge is 0.226 e. The SMILES string of the molecule is O=C1C(=O)C(c2ccccc2)(c2ccccc2)C(c2ccccc2)=C1Cc1ccccc1. The molecule has 4 aromatic rings. The first-order valence-electron chi connectivity index (χ1n) is 10.8. The topological polar surface area (TPSA) is 34.1 Å². The van der Waals surface area contributed by atoms with E-state index in [9.17, 15) is 9.59 Å². The highest BCUT2D eigenvalue weighted by molar-refractivity contribution is 6.55. The van der Waals surface area contributed by atoms with Crippen LogP contribution in [-0.2, 0) is 21.4 Å². The predicted octanol–water partition coefficient (Wildman–Crippen LogP) is 5.82. The van der Waals surface area contributed by atoms with Crippen LogP contribution in [0.25, 0.3) is 5.57 Å². The van der Waals surface area contributed by atoms with Crippen molar-refractivity contribution in [1.82, 2.24) is 0 Å². The molecule has 2 heteroatoms. The summed E-state index contributed by atoms with van der Waals surface area (Å²) in [5, 5.41) is 0. The zero-order valence-electron chi connectivity index (χ0n) is 17.6. The largest absolute Gasteiger partial charge is 0.289 e. The molecule has 5 rings (SSSR count). The van der Waals surface area contributed by atoms with E-state index < -0.39 is 11.2 Å². The Morgan fingerprint density at radius 1 is 0.531 bits per heavy atom. The molecular formula is C30H22O2. The van der Waals surface area contributed by atoms with Gasteiger partial charge in [0, 0.05) is 12.0 Å². The summed E-state index contributed by atoms with van der Waals surface area (Å²) in [6.45, 7) is 0. The summed E-state index contributed by atoms with van der Waals surface area (Å²) in [5.41, 5.74) is 3.71. The van der Waals surface area contributed by atoms with Gasteiger partial charge in [0.1, 0.15) is 5.41 Å². The van der Waals surface area contributed by atoms with Crippen LogP contribution in [0.15, 0.2) is 127 Å². The third-order valence-electron chi connectivity index (χ3n) is 6.20. The Bertz CT molecular complexity index is 1250. The van der Waals surface area contributed by atoms with Crippen LogP contribution in [-0.4, -0.2) is 11.6 Å². The zero-order chi connectivity index (χ0) is 22.0. The third-order valence-corrected chi connectivity index (χ3v) is 6.20. The maximum atomic E-state index is 14.0.